The summed E-state index contributed by atoms with van der Waals surface area (Å²) in [6, 6.07) is 9.97. The number of nitrogens with zero attached hydrogens (tertiary/aromatic N) is 2. The largest absolute Gasteiger partial charge is 0.398 e. The van der Waals surface area contributed by atoms with Gasteiger partial charge in [0.15, 0.2) is 0 Å². The van der Waals surface area contributed by atoms with Crippen LogP contribution in [0.5, 0.6) is 0 Å². The number of rotatable bonds is 3. The van der Waals surface area contributed by atoms with E-state index < -0.39 is 10.0 Å². The maximum atomic E-state index is 12.6. The van der Waals surface area contributed by atoms with Gasteiger partial charge in [-0.05, 0) is 36.8 Å². The van der Waals surface area contributed by atoms with Gasteiger partial charge in [-0.15, -0.1) is 0 Å². The van der Waals surface area contributed by atoms with Gasteiger partial charge in [0.25, 0.3) is 10.0 Å². The Balaban J connectivity index is 2.09. The Morgan fingerprint density at radius 2 is 1.90 bits per heavy atom. The van der Waals surface area contributed by atoms with Crippen molar-refractivity contribution in [1.29, 1.82) is 0 Å². The summed E-state index contributed by atoms with van der Waals surface area (Å²) in [5, 5.41) is 0. The van der Waals surface area contributed by atoms with Crippen LogP contribution in [-0.2, 0) is 10.0 Å². The minimum Gasteiger partial charge on any atom is -0.398 e. The predicted octanol–water partition coefficient (Wildman–Crippen LogP) is 2.38. The predicted molar refractivity (Wildman–Crippen MR) is 83.8 cm³/mol. The zero-order valence-corrected chi connectivity index (χ0v) is 12.7. The minimum absolute atomic E-state index is 0.107. The van der Waals surface area contributed by atoms with Gasteiger partial charge in [-0.3, -0.25) is 4.72 Å². The van der Waals surface area contributed by atoms with Gasteiger partial charge in [-0.2, -0.15) is 8.75 Å². The second-order valence-electron chi connectivity index (χ2n) is 4.51. The fourth-order valence-corrected chi connectivity index (χ4v) is 3.85. The first-order valence-corrected chi connectivity index (χ1v) is 8.29. The second kappa shape index (κ2) is 4.97. The number of nitrogens with one attached hydrogen (secondary N) is 1. The van der Waals surface area contributed by atoms with Crippen molar-refractivity contribution >= 4 is 44.2 Å². The number of sulfonamides is 1. The van der Waals surface area contributed by atoms with Gasteiger partial charge in [0.05, 0.1) is 17.4 Å². The van der Waals surface area contributed by atoms with Crippen LogP contribution in [-0.4, -0.2) is 17.2 Å². The van der Waals surface area contributed by atoms with Gasteiger partial charge >= 0.3 is 0 Å². The molecule has 0 radical (unpaired) electrons. The lowest BCUT2D eigenvalue weighted by molar-refractivity contribution is 0.602. The molecule has 0 fully saturated rings. The highest BCUT2D eigenvalue weighted by Crippen LogP contribution is 2.26. The summed E-state index contributed by atoms with van der Waals surface area (Å²) in [5.41, 5.74) is 8.40. The molecule has 8 heteroatoms. The molecule has 2 aromatic carbocycles. The summed E-state index contributed by atoms with van der Waals surface area (Å²) in [7, 11) is -3.75. The molecule has 21 heavy (non-hydrogen) atoms. The maximum Gasteiger partial charge on any atom is 0.264 e. The second-order valence-corrected chi connectivity index (χ2v) is 6.69. The van der Waals surface area contributed by atoms with E-state index in [-0.39, 0.29) is 4.90 Å². The highest BCUT2D eigenvalue weighted by atomic mass is 32.2. The smallest absolute Gasteiger partial charge is 0.264 e. The Labute approximate surface area is 126 Å². The zero-order valence-electron chi connectivity index (χ0n) is 11.1. The summed E-state index contributed by atoms with van der Waals surface area (Å²) in [6.07, 6.45) is 0. The van der Waals surface area contributed by atoms with Crippen LogP contribution < -0.4 is 10.5 Å². The summed E-state index contributed by atoms with van der Waals surface area (Å²) in [4.78, 5) is 0.107. The molecular weight excluding hydrogens is 308 g/mol. The van der Waals surface area contributed by atoms with Gasteiger partial charge in [0, 0.05) is 5.69 Å². The highest BCUT2D eigenvalue weighted by Gasteiger charge is 2.20. The number of aromatic nitrogens is 2. The first kappa shape index (κ1) is 13.8. The van der Waals surface area contributed by atoms with E-state index in [1.54, 1.807) is 37.3 Å². The molecule has 0 atom stereocenters. The van der Waals surface area contributed by atoms with E-state index in [9.17, 15) is 8.42 Å². The third-order valence-electron chi connectivity index (χ3n) is 3.16. The number of nitrogen functional groups attached to an aromatic ring is 1. The summed E-state index contributed by atoms with van der Waals surface area (Å²) >= 11 is 0.983. The molecule has 1 heterocycles. The molecule has 0 aliphatic heterocycles. The molecule has 108 valence electrons. The number of nitrogens with two attached hydrogens (primary N) is 1. The third kappa shape index (κ3) is 2.43. The molecule has 6 nitrogen and oxygen atoms in total. The highest BCUT2D eigenvalue weighted by molar-refractivity contribution is 7.93. The van der Waals surface area contributed by atoms with Crippen molar-refractivity contribution in [3.05, 3.63) is 42.0 Å². The Hall–Kier alpha value is -2.19. The molecule has 0 spiro atoms. The number of fused-ring (bicyclic) bond motifs is 1. The normalized spacial score (nSPS) is 11.7. The zero-order chi connectivity index (χ0) is 15.0. The molecule has 0 aliphatic carbocycles. The van der Waals surface area contributed by atoms with Crippen molar-refractivity contribution < 1.29 is 8.42 Å². The van der Waals surface area contributed by atoms with Crippen LogP contribution in [0.2, 0.25) is 0 Å². The minimum atomic E-state index is -3.75. The Morgan fingerprint density at radius 3 is 2.71 bits per heavy atom. The topological polar surface area (TPSA) is 98.0 Å². The average Bonchev–Trinajstić information content (AvgIpc) is 2.91. The van der Waals surface area contributed by atoms with Gasteiger partial charge < -0.3 is 5.73 Å². The number of benzene rings is 2. The molecule has 0 saturated carbocycles. The monoisotopic (exact) mass is 320 g/mol. The Morgan fingerprint density at radius 1 is 1.14 bits per heavy atom. The van der Waals surface area contributed by atoms with E-state index in [2.05, 4.69) is 13.5 Å². The van der Waals surface area contributed by atoms with Crippen LogP contribution in [0, 0.1) is 6.92 Å². The van der Waals surface area contributed by atoms with Crippen LogP contribution in [0.3, 0.4) is 0 Å². The molecular formula is C13H12N4O2S2. The van der Waals surface area contributed by atoms with Gasteiger partial charge in [-0.25, -0.2) is 8.42 Å². The van der Waals surface area contributed by atoms with Crippen molar-refractivity contribution in [3.63, 3.8) is 0 Å². The molecule has 3 aromatic rings. The standard InChI is InChI=1S/C13H12N4O2S2/c1-8-9(14)4-2-5-10(8)17-21(18,19)12-7-3-6-11-13(12)16-20-15-11/h2-7,17H,14H2,1H3. The maximum absolute atomic E-state index is 12.6. The van der Waals surface area contributed by atoms with Crippen molar-refractivity contribution in [2.24, 2.45) is 0 Å². The lowest BCUT2D eigenvalue weighted by Gasteiger charge is -2.12. The van der Waals surface area contributed by atoms with E-state index in [4.69, 9.17) is 5.73 Å². The van der Waals surface area contributed by atoms with E-state index in [1.807, 2.05) is 0 Å². The van der Waals surface area contributed by atoms with Crippen molar-refractivity contribution in [3.8, 4) is 0 Å². The van der Waals surface area contributed by atoms with Crippen molar-refractivity contribution in [1.82, 2.24) is 8.75 Å². The Bertz CT molecular complexity index is 919. The van der Waals surface area contributed by atoms with Crippen molar-refractivity contribution in [2.75, 3.05) is 10.5 Å². The van der Waals surface area contributed by atoms with E-state index in [0.717, 1.165) is 11.7 Å². The Kier molecular flexibility index (Phi) is 3.26. The summed E-state index contributed by atoms with van der Waals surface area (Å²) in [5.74, 6) is 0. The molecule has 1 aromatic heterocycles. The lowest BCUT2D eigenvalue weighted by atomic mass is 10.2. The van der Waals surface area contributed by atoms with Crippen molar-refractivity contribution in [2.45, 2.75) is 11.8 Å². The number of anilines is 2. The quantitative estimate of drug-likeness (QED) is 0.722. The first-order valence-electron chi connectivity index (χ1n) is 6.08. The number of hydrogen-bond acceptors (Lipinski definition) is 6. The molecule has 0 bridgehead atoms. The molecule has 0 unspecified atom stereocenters. The van der Waals surface area contributed by atoms with Gasteiger partial charge in [0.1, 0.15) is 15.9 Å². The van der Waals surface area contributed by atoms with Crippen LogP contribution in [0.15, 0.2) is 41.3 Å². The van der Waals surface area contributed by atoms with Crippen LogP contribution in [0.25, 0.3) is 11.0 Å². The van der Waals surface area contributed by atoms with Crippen LogP contribution in [0.1, 0.15) is 5.56 Å². The molecule has 0 saturated heterocycles. The summed E-state index contributed by atoms with van der Waals surface area (Å²) in [6.45, 7) is 1.76. The van der Waals surface area contributed by atoms with Crippen LogP contribution in [0.4, 0.5) is 11.4 Å². The lowest BCUT2D eigenvalue weighted by Crippen LogP contribution is -2.14. The third-order valence-corrected chi connectivity index (χ3v) is 5.10. The fourth-order valence-electron chi connectivity index (χ4n) is 1.96. The van der Waals surface area contributed by atoms with Crippen LogP contribution >= 0.6 is 11.7 Å². The summed E-state index contributed by atoms with van der Waals surface area (Å²) < 4.78 is 35.8. The molecule has 3 rings (SSSR count). The fraction of sp³-hybridized carbons (Fsp3) is 0.0769. The number of hydrogen-bond donors (Lipinski definition) is 2. The van der Waals surface area contributed by atoms with E-state index in [1.165, 1.54) is 6.07 Å². The molecule has 0 aliphatic rings. The van der Waals surface area contributed by atoms with E-state index >= 15 is 0 Å². The average molecular weight is 320 g/mol. The SMILES string of the molecule is Cc1c(N)cccc1NS(=O)(=O)c1cccc2nsnc12. The molecule has 0 amide bonds. The van der Waals surface area contributed by atoms with Gasteiger partial charge in [0.2, 0.25) is 0 Å². The van der Waals surface area contributed by atoms with E-state index in [0.29, 0.717) is 28.0 Å². The van der Waals surface area contributed by atoms with Gasteiger partial charge in [-0.1, -0.05) is 12.1 Å². The molecule has 3 N–H and O–H groups in total. The first-order chi connectivity index (χ1) is 9.99.